The van der Waals surface area contributed by atoms with Crippen LogP contribution in [0.15, 0.2) is 85.0 Å². The first-order chi connectivity index (χ1) is 20.4. The minimum absolute atomic E-state index is 0.0404. The van der Waals surface area contributed by atoms with Crippen molar-refractivity contribution in [1.29, 1.82) is 0 Å². The van der Waals surface area contributed by atoms with Gasteiger partial charge >= 0.3 is 0 Å². The van der Waals surface area contributed by atoms with Gasteiger partial charge in [0, 0.05) is 68.9 Å². The van der Waals surface area contributed by atoms with Gasteiger partial charge in [-0.3, -0.25) is 19.4 Å². The van der Waals surface area contributed by atoms with Gasteiger partial charge in [-0.2, -0.15) is 5.10 Å². The third-order valence-corrected chi connectivity index (χ3v) is 7.38. The molecule has 3 aromatic rings. The van der Waals surface area contributed by atoms with Gasteiger partial charge in [-0.15, -0.1) is 13.2 Å². The summed E-state index contributed by atoms with van der Waals surface area (Å²) in [6.45, 7) is 14.1. The van der Waals surface area contributed by atoms with Crippen molar-refractivity contribution >= 4 is 40.4 Å². The average Bonchev–Trinajstić information content (AvgIpc) is 3.01. The number of hydrazone groups is 1. The maximum absolute atomic E-state index is 12.9. The Bertz CT molecular complexity index is 1440. The summed E-state index contributed by atoms with van der Waals surface area (Å²) in [5, 5.41) is 15.4. The minimum Gasteiger partial charge on any atom is -0.506 e. The van der Waals surface area contributed by atoms with Crippen molar-refractivity contribution in [2.45, 2.75) is 0 Å². The maximum atomic E-state index is 12.9. The van der Waals surface area contributed by atoms with Gasteiger partial charge in [0.15, 0.2) is 6.61 Å². The summed E-state index contributed by atoms with van der Waals surface area (Å²) in [5.74, 6) is -0.000857. The van der Waals surface area contributed by atoms with Gasteiger partial charge in [-0.25, -0.2) is 5.43 Å². The highest BCUT2D eigenvalue weighted by Gasteiger charge is 2.22. The topological polar surface area (TPSA) is 97.7 Å². The summed E-state index contributed by atoms with van der Waals surface area (Å²) in [6, 6.07) is 15.5. The molecule has 3 aromatic carbocycles. The van der Waals surface area contributed by atoms with Crippen molar-refractivity contribution < 1.29 is 19.4 Å². The van der Waals surface area contributed by atoms with E-state index in [1.54, 1.807) is 12.3 Å². The number of nitrogens with one attached hydrogen (secondary N) is 1. The Morgan fingerprint density at radius 2 is 1.74 bits per heavy atom. The Balaban J connectivity index is 1.31. The van der Waals surface area contributed by atoms with Gasteiger partial charge in [0.25, 0.3) is 11.8 Å². The third kappa shape index (κ3) is 8.19. The highest BCUT2D eigenvalue weighted by Crippen LogP contribution is 2.28. The van der Waals surface area contributed by atoms with Crippen molar-refractivity contribution in [3.05, 3.63) is 96.1 Å². The normalized spacial score (nSPS) is 13.9. The number of phenolic OH excluding ortho intramolecular Hbond substituents is 1. The number of halogens is 1. The summed E-state index contributed by atoms with van der Waals surface area (Å²) >= 11 is 5.89. The van der Waals surface area contributed by atoms with Crippen LogP contribution in [0.25, 0.3) is 10.8 Å². The molecule has 4 rings (SSSR count). The monoisotopic (exact) mass is 589 g/mol. The molecule has 220 valence electrons. The molecule has 1 fully saturated rings. The lowest BCUT2D eigenvalue weighted by Gasteiger charge is -2.35. The third-order valence-electron chi connectivity index (χ3n) is 7.08. The fourth-order valence-electron chi connectivity index (χ4n) is 4.76. The Hall–Kier alpha value is -4.18. The second-order valence-electron chi connectivity index (χ2n) is 9.91. The molecular formula is C32H36ClN5O4. The van der Waals surface area contributed by atoms with E-state index >= 15 is 0 Å². The van der Waals surface area contributed by atoms with Crippen LogP contribution < -0.4 is 10.2 Å². The number of piperazine rings is 1. The lowest BCUT2D eigenvalue weighted by atomic mass is 10.0. The Labute approximate surface area is 251 Å². The molecule has 1 heterocycles. The number of phenols is 1. The first-order valence-electron chi connectivity index (χ1n) is 13.8. The maximum Gasteiger partial charge on any atom is 0.271 e. The van der Waals surface area contributed by atoms with Crippen molar-refractivity contribution in [3.8, 4) is 11.5 Å². The van der Waals surface area contributed by atoms with E-state index in [1.165, 1.54) is 18.2 Å². The highest BCUT2D eigenvalue weighted by atomic mass is 35.5. The number of ether oxygens (including phenoxy) is 1. The molecule has 1 aliphatic heterocycles. The number of hydrogen-bond acceptors (Lipinski definition) is 7. The second kappa shape index (κ2) is 15.2. The first-order valence-corrected chi connectivity index (χ1v) is 14.2. The van der Waals surface area contributed by atoms with Gasteiger partial charge in [0.2, 0.25) is 0 Å². The fraction of sp³-hybridized carbons (Fsp3) is 0.281. The quantitative estimate of drug-likeness (QED) is 0.177. The van der Waals surface area contributed by atoms with E-state index < -0.39 is 5.91 Å². The van der Waals surface area contributed by atoms with E-state index in [0.29, 0.717) is 18.8 Å². The van der Waals surface area contributed by atoms with Crippen molar-refractivity contribution in [1.82, 2.24) is 20.1 Å². The molecule has 0 aromatic heterocycles. The number of aromatic hydroxyl groups is 1. The molecule has 0 atom stereocenters. The molecular weight excluding hydrogens is 554 g/mol. The summed E-state index contributed by atoms with van der Waals surface area (Å²) in [7, 11) is 0. The van der Waals surface area contributed by atoms with Gasteiger partial charge < -0.3 is 14.7 Å². The standard InChI is InChI=1S/C32H36ClN5O4/c1-3-13-36(14-4-2)15-16-37-17-19-38(20-18-37)31(40)23-42-30-12-10-25(26-7-5-6-8-27(26)30)22-34-35-32(41)24-9-11-29(39)28(33)21-24/h3-12,21-22,39H,1-2,13-20,23H2,(H,35,41)/b34-22+. The molecule has 42 heavy (non-hydrogen) atoms. The number of hydrogen-bond donors (Lipinski definition) is 2. The molecule has 0 spiro atoms. The summed E-state index contributed by atoms with van der Waals surface area (Å²) < 4.78 is 5.99. The van der Waals surface area contributed by atoms with Gasteiger partial charge in [-0.1, -0.05) is 48.0 Å². The summed E-state index contributed by atoms with van der Waals surface area (Å²) in [6.07, 6.45) is 5.36. The van der Waals surface area contributed by atoms with Gasteiger partial charge in [0.1, 0.15) is 11.5 Å². The van der Waals surface area contributed by atoms with E-state index in [9.17, 15) is 14.7 Å². The zero-order chi connectivity index (χ0) is 29.9. The molecule has 10 heteroatoms. The largest absolute Gasteiger partial charge is 0.506 e. The van der Waals surface area contributed by atoms with Crippen LogP contribution in [-0.4, -0.2) is 96.8 Å². The predicted molar refractivity (Wildman–Crippen MR) is 167 cm³/mol. The average molecular weight is 590 g/mol. The summed E-state index contributed by atoms with van der Waals surface area (Å²) in [5.41, 5.74) is 3.51. The lowest BCUT2D eigenvalue weighted by Crippen LogP contribution is -2.51. The van der Waals surface area contributed by atoms with E-state index in [-0.39, 0.29) is 28.8 Å². The number of nitrogens with zero attached hydrogens (tertiary/aromatic N) is 4. The number of benzene rings is 3. The molecule has 9 nitrogen and oxygen atoms in total. The minimum atomic E-state index is -0.459. The molecule has 0 unspecified atom stereocenters. The van der Waals surface area contributed by atoms with Crippen LogP contribution >= 0.6 is 11.6 Å². The van der Waals surface area contributed by atoms with Crippen molar-refractivity contribution in [2.24, 2.45) is 5.10 Å². The van der Waals surface area contributed by atoms with E-state index in [4.69, 9.17) is 16.3 Å². The first kappa shape index (κ1) is 30.8. The van der Waals surface area contributed by atoms with Crippen LogP contribution in [0.4, 0.5) is 0 Å². The zero-order valence-corrected chi connectivity index (χ0v) is 24.3. The van der Waals surface area contributed by atoms with E-state index in [1.807, 2.05) is 47.4 Å². The molecule has 1 saturated heterocycles. The highest BCUT2D eigenvalue weighted by molar-refractivity contribution is 6.32. The van der Waals surface area contributed by atoms with E-state index in [2.05, 4.69) is 33.5 Å². The second-order valence-corrected chi connectivity index (χ2v) is 10.3. The molecule has 0 saturated carbocycles. The zero-order valence-electron chi connectivity index (χ0n) is 23.5. The molecule has 1 aliphatic rings. The molecule has 2 amide bonds. The predicted octanol–water partition coefficient (Wildman–Crippen LogP) is 4.16. The van der Waals surface area contributed by atoms with Crippen LogP contribution in [0.3, 0.4) is 0 Å². The van der Waals surface area contributed by atoms with Crippen LogP contribution in [-0.2, 0) is 4.79 Å². The van der Waals surface area contributed by atoms with Gasteiger partial charge in [-0.05, 0) is 35.7 Å². The van der Waals surface area contributed by atoms with Crippen LogP contribution in [0.5, 0.6) is 11.5 Å². The van der Waals surface area contributed by atoms with Crippen LogP contribution in [0, 0.1) is 0 Å². The lowest BCUT2D eigenvalue weighted by molar-refractivity contribution is -0.135. The number of rotatable bonds is 13. The molecule has 2 N–H and O–H groups in total. The Kier molecular flexibility index (Phi) is 11.1. The molecule has 0 radical (unpaired) electrons. The van der Waals surface area contributed by atoms with Crippen molar-refractivity contribution in [3.63, 3.8) is 0 Å². The number of amides is 2. The molecule has 0 aliphatic carbocycles. The molecule has 0 bridgehead atoms. The fourth-order valence-corrected chi connectivity index (χ4v) is 4.94. The Morgan fingerprint density at radius 1 is 1.02 bits per heavy atom. The summed E-state index contributed by atoms with van der Waals surface area (Å²) in [4.78, 5) is 31.9. The van der Waals surface area contributed by atoms with Crippen LogP contribution in [0.1, 0.15) is 15.9 Å². The Morgan fingerprint density at radius 3 is 2.43 bits per heavy atom. The number of carbonyl (C=O) groups excluding carboxylic acids is 2. The smallest absolute Gasteiger partial charge is 0.271 e. The van der Waals surface area contributed by atoms with Crippen molar-refractivity contribution in [2.75, 3.05) is 59.0 Å². The van der Waals surface area contributed by atoms with Crippen LogP contribution in [0.2, 0.25) is 5.02 Å². The van der Waals surface area contributed by atoms with Gasteiger partial charge in [0.05, 0.1) is 11.2 Å². The van der Waals surface area contributed by atoms with E-state index in [0.717, 1.165) is 55.6 Å². The SMILES string of the molecule is C=CCN(CC=C)CCN1CCN(C(=O)COc2ccc(/C=N/NC(=O)c3ccc(O)c(Cl)c3)c3ccccc23)CC1. The number of fused-ring (bicyclic) bond motifs is 1. The number of carbonyl (C=O) groups is 2.